The van der Waals surface area contributed by atoms with Crippen LogP contribution in [0.3, 0.4) is 0 Å². The second-order valence-corrected chi connectivity index (χ2v) is 5.56. The van der Waals surface area contributed by atoms with Crippen LogP contribution >= 0.6 is 23.2 Å². The third-order valence-electron chi connectivity index (χ3n) is 3.30. The molecule has 106 valence electrons. The van der Waals surface area contributed by atoms with Crippen molar-refractivity contribution in [3.8, 4) is 5.75 Å². The van der Waals surface area contributed by atoms with Crippen molar-refractivity contribution in [1.29, 1.82) is 0 Å². The summed E-state index contributed by atoms with van der Waals surface area (Å²) in [5.74, 6) is 0.279. The number of aryl methyl sites for hydroxylation is 1. The molecule has 0 aromatic heterocycles. The third kappa shape index (κ3) is 3.20. The van der Waals surface area contributed by atoms with E-state index in [0.29, 0.717) is 10.0 Å². The van der Waals surface area contributed by atoms with Gasteiger partial charge in [0.25, 0.3) is 0 Å². The molecule has 1 unspecified atom stereocenters. The number of phenols is 1. The van der Waals surface area contributed by atoms with Crippen LogP contribution in [0.4, 0.5) is 5.69 Å². The predicted octanol–water partition coefficient (Wildman–Crippen LogP) is 5.57. The lowest BCUT2D eigenvalue weighted by Crippen LogP contribution is -2.10. The molecule has 0 radical (unpaired) electrons. The second-order valence-electron chi connectivity index (χ2n) is 4.75. The number of anilines is 1. The van der Waals surface area contributed by atoms with Gasteiger partial charge in [-0.3, -0.25) is 0 Å². The average Bonchev–Trinajstić information content (AvgIpc) is 2.42. The highest BCUT2D eigenvalue weighted by Crippen LogP contribution is 2.34. The predicted molar refractivity (Wildman–Crippen MR) is 86.0 cm³/mol. The fourth-order valence-electron chi connectivity index (χ4n) is 2.13. The number of para-hydroxylation sites is 1. The van der Waals surface area contributed by atoms with E-state index in [1.165, 1.54) is 0 Å². The first-order chi connectivity index (χ1) is 9.52. The molecule has 0 fully saturated rings. The zero-order valence-corrected chi connectivity index (χ0v) is 13.0. The Morgan fingerprint density at radius 1 is 1.15 bits per heavy atom. The quantitative estimate of drug-likeness (QED) is 0.773. The van der Waals surface area contributed by atoms with Gasteiger partial charge in [-0.25, -0.2) is 0 Å². The highest BCUT2D eigenvalue weighted by Gasteiger charge is 2.15. The fourth-order valence-corrected chi connectivity index (χ4v) is 2.56. The topological polar surface area (TPSA) is 32.3 Å². The van der Waals surface area contributed by atoms with E-state index in [2.05, 4.69) is 5.32 Å². The molecule has 0 aliphatic heterocycles. The van der Waals surface area contributed by atoms with E-state index in [4.69, 9.17) is 23.2 Å². The van der Waals surface area contributed by atoms with E-state index in [9.17, 15) is 5.11 Å². The van der Waals surface area contributed by atoms with Gasteiger partial charge in [-0.2, -0.15) is 0 Å². The summed E-state index contributed by atoms with van der Waals surface area (Å²) in [4.78, 5) is 0. The van der Waals surface area contributed by atoms with Crippen LogP contribution in [0.2, 0.25) is 10.0 Å². The Hall–Kier alpha value is -1.38. The summed E-state index contributed by atoms with van der Waals surface area (Å²) in [6.45, 7) is 3.96. The van der Waals surface area contributed by atoms with Crippen molar-refractivity contribution in [2.45, 2.75) is 26.3 Å². The maximum absolute atomic E-state index is 9.96. The molecule has 0 aliphatic rings. The number of rotatable bonds is 4. The molecule has 20 heavy (non-hydrogen) atoms. The molecule has 0 amide bonds. The van der Waals surface area contributed by atoms with Gasteiger partial charge < -0.3 is 10.4 Å². The van der Waals surface area contributed by atoms with Gasteiger partial charge >= 0.3 is 0 Å². The minimum absolute atomic E-state index is 0.0209. The van der Waals surface area contributed by atoms with Crippen molar-refractivity contribution >= 4 is 28.9 Å². The fraction of sp³-hybridized carbons (Fsp3) is 0.250. The molecule has 2 N–H and O–H groups in total. The monoisotopic (exact) mass is 309 g/mol. The Kier molecular flexibility index (Phi) is 4.79. The van der Waals surface area contributed by atoms with Crippen LogP contribution in [-0.4, -0.2) is 5.11 Å². The van der Waals surface area contributed by atoms with Crippen LogP contribution in [-0.2, 0) is 0 Å². The number of benzene rings is 2. The first-order valence-electron chi connectivity index (χ1n) is 6.53. The summed E-state index contributed by atoms with van der Waals surface area (Å²) in [5, 5.41) is 14.6. The van der Waals surface area contributed by atoms with E-state index < -0.39 is 0 Å². The Balaban J connectivity index is 2.32. The van der Waals surface area contributed by atoms with Gasteiger partial charge in [-0.1, -0.05) is 48.3 Å². The largest absolute Gasteiger partial charge is 0.508 e. The van der Waals surface area contributed by atoms with Crippen molar-refractivity contribution in [2.75, 3.05) is 5.32 Å². The summed E-state index contributed by atoms with van der Waals surface area (Å²) in [7, 11) is 0. The zero-order valence-electron chi connectivity index (χ0n) is 11.5. The minimum Gasteiger partial charge on any atom is -0.508 e. The molecular formula is C16H17Cl2NO. The molecule has 0 heterocycles. The Morgan fingerprint density at radius 2 is 1.85 bits per heavy atom. The third-order valence-corrected chi connectivity index (χ3v) is 4.02. The molecule has 0 spiro atoms. The molecule has 2 rings (SSSR count). The van der Waals surface area contributed by atoms with Gasteiger partial charge in [0, 0.05) is 10.6 Å². The van der Waals surface area contributed by atoms with Gasteiger partial charge in [-0.05, 0) is 37.1 Å². The van der Waals surface area contributed by atoms with Gasteiger partial charge in [0.2, 0.25) is 0 Å². The Morgan fingerprint density at radius 3 is 2.50 bits per heavy atom. The van der Waals surface area contributed by atoms with Gasteiger partial charge in [0.05, 0.1) is 16.8 Å². The number of hydrogen-bond donors (Lipinski definition) is 2. The molecule has 0 bridgehead atoms. The molecule has 4 heteroatoms. The summed E-state index contributed by atoms with van der Waals surface area (Å²) >= 11 is 12.4. The Bertz CT molecular complexity index is 613. The van der Waals surface area contributed by atoms with Crippen LogP contribution in [0.15, 0.2) is 36.4 Å². The van der Waals surface area contributed by atoms with Crippen LogP contribution in [0.5, 0.6) is 5.75 Å². The number of nitrogens with one attached hydrogen (secondary N) is 1. The van der Waals surface area contributed by atoms with E-state index in [1.54, 1.807) is 12.1 Å². The van der Waals surface area contributed by atoms with Gasteiger partial charge in [0.1, 0.15) is 5.75 Å². The number of aromatic hydroxyl groups is 1. The molecule has 2 nitrogen and oxygen atoms in total. The highest BCUT2D eigenvalue weighted by molar-refractivity contribution is 6.35. The maximum Gasteiger partial charge on any atom is 0.120 e. The number of phenolic OH excluding ortho intramolecular Hbond substituents is 1. The second kappa shape index (κ2) is 6.38. The smallest absolute Gasteiger partial charge is 0.120 e. The Labute approximate surface area is 129 Å². The van der Waals surface area contributed by atoms with Crippen LogP contribution < -0.4 is 5.32 Å². The van der Waals surface area contributed by atoms with E-state index in [0.717, 1.165) is 23.2 Å². The molecule has 0 saturated heterocycles. The molecule has 2 aromatic rings. The summed E-state index contributed by atoms with van der Waals surface area (Å²) < 4.78 is 0. The number of hydrogen-bond acceptors (Lipinski definition) is 2. The minimum atomic E-state index is -0.0209. The van der Waals surface area contributed by atoms with Crippen LogP contribution in [0.1, 0.15) is 30.5 Å². The average molecular weight is 310 g/mol. The highest BCUT2D eigenvalue weighted by atomic mass is 35.5. The lowest BCUT2D eigenvalue weighted by Gasteiger charge is -2.21. The van der Waals surface area contributed by atoms with E-state index in [1.807, 2.05) is 38.1 Å². The van der Waals surface area contributed by atoms with E-state index in [-0.39, 0.29) is 11.8 Å². The van der Waals surface area contributed by atoms with E-state index >= 15 is 0 Å². The van der Waals surface area contributed by atoms with Gasteiger partial charge in [-0.15, -0.1) is 0 Å². The standard InChI is InChI=1S/C16H17Cl2NO/c1-3-14(11-6-4-5-7-16(11)20)19-15-9-12(17)10(2)8-13(15)18/h4-9,14,19-20H,3H2,1-2H3. The molecule has 0 aliphatic carbocycles. The summed E-state index contributed by atoms with van der Waals surface area (Å²) in [6.07, 6.45) is 0.819. The maximum atomic E-state index is 9.96. The van der Waals surface area contributed by atoms with Crippen LogP contribution in [0.25, 0.3) is 0 Å². The number of halogens is 2. The van der Waals surface area contributed by atoms with Gasteiger partial charge in [0.15, 0.2) is 0 Å². The lowest BCUT2D eigenvalue weighted by molar-refractivity contribution is 0.463. The lowest BCUT2D eigenvalue weighted by atomic mass is 10.0. The van der Waals surface area contributed by atoms with Crippen molar-refractivity contribution < 1.29 is 5.11 Å². The van der Waals surface area contributed by atoms with Crippen LogP contribution in [0, 0.1) is 6.92 Å². The van der Waals surface area contributed by atoms with Crippen molar-refractivity contribution in [1.82, 2.24) is 0 Å². The first kappa shape index (κ1) is 15.0. The summed E-state index contributed by atoms with van der Waals surface area (Å²) in [6, 6.07) is 10.9. The zero-order chi connectivity index (χ0) is 14.7. The molecular weight excluding hydrogens is 293 g/mol. The van der Waals surface area contributed by atoms with Crippen molar-refractivity contribution in [3.05, 3.63) is 57.6 Å². The SMILES string of the molecule is CCC(Nc1cc(Cl)c(C)cc1Cl)c1ccccc1O. The molecule has 1 atom stereocenters. The summed E-state index contributed by atoms with van der Waals surface area (Å²) in [5.41, 5.74) is 2.57. The van der Waals surface area contributed by atoms with Crippen molar-refractivity contribution in [2.24, 2.45) is 0 Å². The van der Waals surface area contributed by atoms with Crippen molar-refractivity contribution in [3.63, 3.8) is 0 Å². The first-order valence-corrected chi connectivity index (χ1v) is 7.28. The molecule has 0 saturated carbocycles. The normalized spacial score (nSPS) is 12.2. The molecule has 2 aromatic carbocycles.